The summed E-state index contributed by atoms with van der Waals surface area (Å²) in [5.41, 5.74) is 1.51. The van der Waals surface area contributed by atoms with Gasteiger partial charge in [0.2, 0.25) is 0 Å². The van der Waals surface area contributed by atoms with E-state index in [9.17, 15) is 8.78 Å². The first kappa shape index (κ1) is 11.3. The van der Waals surface area contributed by atoms with E-state index >= 15 is 0 Å². The van der Waals surface area contributed by atoms with Crippen LogP contribution in [0.2, 0.25) is 0 Å². The maximum Gasteiger partial charge on any atom is 0.131 e. The van der Waals surface area contributed by atoms with Crippen LogP contribution in [0.4, 0.5) is 8.78 Å². The van der Waals surface area contributed by atoms with Crippen molar-refractivity contribution in [3.63, 3.8) is 0 Å². The van der Waals surface area contributed by atoms with Gasteiger partial charge in [0.15, 0.2) is 0 Å². The molecule has 0 saturated heterocycles. The molecule has 2 aromatic rings. The lowest BCUT2D eigenvalue weighted by atomic mass is 10.0. The van der Waals surface area contributed by atoms with Gasteiger partial charge in [-0.2, -0.15) is 5.26 Å². The van der Waals surface area contributed by atoms with Crippen LogP contribution in [0.3, 0.4) is 0 Å². The lowest BCUT2D eigenvalue weighted by Gasteiger charge is -2.05. The smallest absolute Gasteiger partial charge is 0.131 e. The van der Waals surface area contributed by atoms with E-state index in [1.807, 2.05) is 6.07 Å². The molecule has 0 aliphatic carbocycles. The lowest BCUT2D eigenvalue weighted by Crippen LogP contribution is -1.89. The fraction of sp³-hybridized carbons (Fsp3) is 0.0714. The number of nitriles is 1. The van der Waals surface area contributed by atoms with Crippen molar-refractivity contribution in [1.29, 1.82) is 5.26 Å². The average Bonchev–Trinajstić information content (AvgIpc) is 2.32. The third-order valence-corrected chi connectivity index (χ3v) is 2.45. The van der Waals surface area contributed by atoms with Crippen molar-refractivity contribution in [2.45, 2.75) is 6.42 Å². The maximum atomic E-state index is 13.6. The zero-order valence-electron chi connectivity index (χ0n) is 8.95. The van der Waals surface area contributed by atoms with Crippen molar-refractivity contribution in [1.82, 2.24) is 0 Å². The Morgan fingerprint density at radius 2 is 1.88 bits per heavy atom. The Labute approximate surface area is 97.9 Å². The number of hydrogen-bond donors (Lipinski definition) is 0. The van der Waals surface area contributed by atoms with Crippen molar-refractivity contribution >= 4 is 0 Å². The van der Waals surface area contributed by atoms with E-state index in [0.717, 1.165) is 0 Å². The second-order valence-electron chi connectivity index (χ2n) is 3.66. The van der Waals surface area contributed by atoms with Crippen LogP contribution in [0.5, 0.6) is 0 Å². The molecule has 1 nitrogen and oxygen atoms in total. The molecule has 2 aromatic carbocycles. The highest BCUT2D eigenvalue weighted by Gasteiger charge is 2.07. The Balaban J connectivity index is 2.51. The minimum absolute atomic E-state index is 0.211. The van der Waals surface area contributed by atoms with E-state index in [-0.39, 0.29) is 6.42 Å². The third-order valence-electron chi connectivity index (χ3n) is 2.45. The number of halogens is 2. The molecule has 0 fully saturated rings. The molecular weight excluding hydrogens is 220 g/mol. The zero-order chi connectivity index (χ0) is 12.3. The number of hydrogen-bond acceptors (Lipinski definition) is 1. The molecule has 0 aromatic heterocycles. The van der Waals surface area contributed by atoms with Gasteiger partial charge in [0.1, 0.15) is 11.6 Å². The quantitative estimate of drug-likeness (QED) is 0.770. The Morgan fingerprint density at radius 1 is 1.06 bits per heavy atom. The van der Waals surface area contributed by atoms with Crippen molar-refractivity contribution in [3.05, 3.63) is 59.7 Å². The van der Waals surface area contributed by atoms with Crippen LogP contribution < -0.4 is 0 Å². The molecule has 84 valence electrons. The summed E-state index contributed by atoms with van der Waals surface area (Å²) >= 11 is 0. The third kappa shape index (κ3) is 2.48. The molecule has 17 heavy (non-hydrogen) atoms. The molecule has 3 heteroatoms. The molecule has 0 bridgehead atoms. The lowest BCUT2D eigenvalue weighted by molar-refractivity contribution is 0.624. The van der Waals surface area contributed by atoms with Gasteiger partial charge in [0.05, 0.1) is 12.5 Å². The van der Waals surface area contributed by atoms with Crippen LogP contribution in [0.25, 0.3) is 11.1 Å². The van der Waals surface area contributed by atoms with E-state index in [0.29, 0.717) is 16.7 Å². The Morgan fingerprint density at radius 3 is 2.59 bits per heavy atom. The molecule has 0 saturated carbocycles. The van der Waals surface area contributed by atoms with Crippen molar-refractivity contribution < 1.29 is 8.78 Å². The summed E-state index contributed by atoms with van der Waals surface area (Å²) in [6, 6.07) is 12.2. The normalized spacial score (nSPS) is 9.94. The van der Waals surface area contributed by atoms with Crippen molar-refractivity contribution in [2.75, 3.05) is 0 Å². The number of benzene rings is 2. The summed E-state index contributed by atoms with van der Waals surface area (Å²) in [5, 5.41) is 8.59. The van der Waals surface area contributed by atoms with Gasteiger partial charge in [0, 0.05) is 5.56 Å². The highest BCUT2D eigenvalue weighted by Crippen LogP contribution is 2.24. The Kier molecular flexibility index (Phi) is 3.15. The standard InChI is InChI=1S/C14H9F2N/c15-12-3-1-2-11(9-12)13-8-10(6-7-17)4-5-14(13)16/h1-5,8-9H,6H2. The van der Waals surface area contributed by atoms with E-state index < -0.39 is 11.6 Å². The fourth-order valence-corrected chi connectivity index (χ4v) is 1.65. The second-order valence-corrected chi connectivity index (χ2v) is 3.66. The minimum atomic E-state index is -0.419. The van der Waals surface area contributed by atoms with Gasteiger partial charge >= 0.3 is 0 Å². The highest BCUT2D eigenvalue weighted by atomic mass is 19.1. The monoisotopic (exact) mass is 229 g/mol. The first-order chi connectivity index (χ1) is 8.20. The predicted octanol–water partition coefficient (Wildman–Crippen LogP) is 3.70. The largest absolute Gasteiger partial charge is 0.207 e. The molecular formula is C14H9F2N. The van der Waals surface area contributed by atoms with E-state index in [1.54, 1.807) is 18.2 Å². The molecule has 0 N–H and O–H groups in total. The molecule has 0 aliphatic heterocycles. The van der Waals surface area contributed by atoms with Crippen LogP contribution in [0, 0.1) is 23.0 Å². The van der Waals surface area contributed by atoms with E-state index in [1.165, 1.54) is 24.3 Å². The van der Waals surface area contributed by atoms with Gasteiger partial charge in [-0.3, -0.25) is 0 Å². The minimum Gasteiger partial charge on any atom is -0.207 e. The zero-order valence-corrected chi connectivity index (χ0v) is 8.95. The molecule has 0 spiro atoms. The van der Waals surface area contributed by atoms with Crippen LogP contribution >= 0.6 is 0 Å². The SMILES string of the molecule is N#CCc1ccc(F)c(-c2cccc(F)c2)c1. The molecule has 0 aliphatic rings. The number of rotatable bonds is 2. The van der Waals surface area contributed by atoms with Gasteiger partial charge in [-0.15, -0.1) is 0 Å². The second kappa shape index (κ2) is 4.75. The predicted molar refractivity (Wildman–Crippen MR) is 61.1 cm³/mol. The van der Waals surface area contributed by atoms with Crippen molar-refractivity contribution in [3.8, 4) is 17.2 Å². The molecule has 0 amide bonds. The first-order valence-electron chi connectivity index (χ1n) is 5.12. The van der Waals surface area contributed by atoms with Gasteiger partial charge in [-0.1, -0.05) is 18.2 Å². The molecule has 0 atom stereocenters. The maximum absolute atomic E-state index is 13.6. The van der Waals surface area contributed by atoms with Gasteiger partial charge < -0.3 is 0 Å². The van der Waals surface area contributed by atoms with Gasteiger partial charge in [0.25, 0.3) is 0 Å². The van der Waals surface area contributed by atoms with Gasteiger partial charge in [-0.25, -0.2) is 8.78 Å². The summed E-state index contributed by atoms with van der Waals surface area (Å²) in [7, 11) is 0. The summed E-state index contributed by atoms with van der Waals surface area (Å²) in [6.07, 6.45) is 0.211. The first-order valence-corrected chi connectivity index (χ1v) is 5.12. The molecule has 2 rings (SSSR count). The summed E-state index contributed by atoms with van der Waals surface area (Å²) in [5.74, 6) is -0.829. The summed E-state index contributed by atoms with van der Waals surface area (Å²) in [6.45, 7) is 0. The van der Waals surface area contributed by atoms with Crippen LogP contribution in [-0.4, -0.2) is 0 Å². The van der Waals surface area contributed by atoms with Crippen LogP contribution in [0.1, 0.15) is 5.56 Å². The fourth-order valence-electron chi connectivity index (χ4n) is 1.65. The highest BCUT2D eigenvalue weighted by molar-refractivity contribution is 5.65. The topological polar surface area (TPSA) is 23.8 Å². The summed E-state index contributed by atoms with van der Waals surface area (Å²) in [4.78, 5) is 0. The number of nitrogens with zero attached hydrogens (tertiary/aromatic N) is 1. The van der Waals surface area contributed by atoms with Crippen molar-refractivity contribution in [2.24, 2.45) is 0 Å². The van der Waals surface area contributed by atoms with Crippen LogP contribution in [-0.2, 0) is 6.42 Å². The molecule has 0 radical (unpaired) electrons. The van der Waals surface area contributed by atoms with Crippen LogP contribution in [0.15, 0.2) is 42.5 Å². The summed E-state index contributed by atoms with van der Waals surface area (Å²) < 4.78 is 26.7. The molecule has 0 unspecified atom stereocenters. The van der Waals surface area contributed by atoms with E-state index in [2.05, 4.69) is 0 Å². The Hall–Kier alpha value is -2.21. The Bertz CT molecular complexity index is 585. The van der Waals surface area contributed by atoms with Gasteiger partial charge in [-0.05, 0) is 35.4 Å². The van der Waals surface area contributed by atoms with E-state index in [4.69, 9.17) is 5.26 Å². The average molecular weight is 229 g/mol. The molecule has 0 heterocycles.